The molecule has 2 aromatic rings. The summed E-state index contributed by atoms with van der Waals surface area (Å²) in [5.74, 6) is 0.324. The number of nitrogens with zero attached hydrogens (tertiary/aromatic N) is 3. The van der Waals surface area contributed by atoms with E-state index in [1.807, 2.05) is 23.7 Å². The van der Waals surface area contributed by atoms with E-state index in [9.17, 15) is 5.11 Å². The van der Waals surface area contributed by atoms with Crippen LogP contribution < -0.4 is 0 Å². The number of phenols is 1. The smallest absolute Gasteiger partial charge is 0.115 e. The number of hydrogen-bond donors (Lipinski definition) is 1. The highest BCUT2D eigenvalue weighted by molar-refractivity contribution is 5.26. The van der Waals surface area contributed by atoms with Gasteiger partial charge in [0.1, 0.15) is 5.75 Å². The zero-order chi connectivity index (χ0) is 13.8. The lowest BCUT2D eigenvalue weighted by molar-refractivity contribution is 0.303. The molecule has 4 nitrogen and oxygen atoms in total. The van der Waals surface area contributed by atoms with Gasteiger partial charge in [0.05, 0.1) is 12.2 Å². The van der Waals surface area contributed by atoms with Crippen LogP contribution in [0.4, 0.5) is 0 Å². The van der Waals surface area contributed by atoms with Crippen molar-refractivity contribution in [2.75, 3.05) is 13.6 Å². The van der Waals surface area contributed by atoms with E-state index < -0.39 is 0 Å². The number of aromatic hydroxyl groups is 1. The average molecular weight is 259 g/mol. The van der Waals surface area contributed by atoms with Gasteiger partial charge in [-0.2, -0.15) is 5.10 Å². The summed E-state index contributed by atoms with van der Waals surface area (Å²) in [4.78, 5) is 2.23. The molecule has 0 amide bonds. The van der Waals surface area contributed by atoms with E-state index in [1.165, 1.54) is 5.69 Å². The van der Waals surface area contributed by atoms with Crippen LogP contribution in [0.2, 0.25) is 0 Å². The van der Waals surface area contributed by atoms with Gasteiger partial charge in [-0.25, -0.2) is 0 Å². The fourth-order valence-corrected chi connectivity index (χ4v) is 2.21. The van der Waals surface area contributed by atoms with Crippen LogP contribution in [0.1, 0.15) is 17.0 Å². The summed E-state index contributed by atoms with van der Waals surface area (Å²) in [6.07, 6.45) is 0. The van der Waals surface area contributed by atoms with Gasteiger partial charge in [-0.05, 0) is 44.7 Å². The number of rotatable bonds is 5. The average Bonchev–Trinajstić information content (AvgIpc) is 2.65. The third-order valence-electron chi connectivity index (χ3n) is 3.16. The highest BCUT2D eigenvalue weighted by Crippen LogP contribution is 2.12. The molecule has 0 unspecified atom stereocenters. The van der Waals surface area contributed by atoms with Crippen molar-refractivity contribution < 1.29 is 5.11 Å². The third kappa shape index (κ3) is 3.83. The van der Waals surface area contributed by atoms with E-state index in [1.54, 1.807) is 12.1 Å². The zero-order valence-electron chi connectivity index (χ0n) is 11.8. The molecule has 0 atom stereocenters. The summed E-state index contributed by atoms with van der Waals surface area (Å²) in [5.41, 5.74) is 3.38. The van der Waals surface area contributed by atoms with Crippen molar-refractivity contribution in [2.45, 2.75) is 26.9 Å². The summed E-state index contributed by atoms with van der Waals surface area (Å²) in [6.45, 7) is 6.73. The Morgan fingerprint density at radius 1 is 1.26 bits per heavy atom. The van der Waals surface area contributed by atoms with Crippen LogP contribution in [0.15, 0.2) is 30.3 Å². The minimum absolute atomic E-state index is 0.324. The predicted octanol–water partition coefficient (Wildman–Crippen LogP) is 2.34. The number of benzene rings is 1. The fraction of sp³-hybridized carbons (Fsp3) is 0.400. The van der Waals surface area contributed by atoms with E-state index >= 15 is 0 Å². The Hall–Kier alpha value is -1.81. The highest BCUT2D eigenvalue weighted by Gasteiger charge is 2.04. The quantitative estimate of drug-likeness (QED) is 0.896. The SMILES string of the molecule is Cc1cc(C)n(CCN(C)Cc2cccc(O)c2)n1. The molecule has 2 rings (SSSR count). The zero-order valence-corrected chi connectivity index (χ0v) is 11.8. The number of likely N-dealkylation sites (N-methyl/N-ethyl adjacent to an activating group) is 1. The van der Waals surface area contributed by atoms with Gasteiger partial charge < -0.3 is 10.0 Å². The van der Waals surface area contributed by atoms with Gasteiger partial charge in [0.2, 0.25) is 0 Å². The van der Waals surface area contributed by atoms with Crippen molar-refractivity contribution in [3.05, 3.63) is 47.3 Å². The molecule has 0 saturated heterocycles. The summed E-state index contributed by atoms with van der Waals surface area (Å²) < 4.78 is 2.04. The molecule has 0 aliphatic rings. The first-order chi connectivity index (χ1) is 9.04. The van der Waals surface area contributed by atoms with Crippen LogP contribution in [0.25, 0.3) is 0 Å². The van der Waals surface area contributed by atoms with Crippen LogP contribution in [0.5, 0.6) is 5.75 Å². The van der Waals surface area contributed by atoms with Crippen LogP contribution >= 0.6 is 0 Å². The lowest BCUT2D eigenvalue weighted by atomic mass is 10.2. The van der Waals surface area contributed by atoms with E-state index in [4.69, 9.17) is 0 Å². The number of hydrogen-bond acceptors (Lipinski definition) is 3. The van der Waals surface area contributed by atoms with E-state index in [-0.39, 0.29) is 0 Å². The van der Waals surface area contributed by atoms with Crippen molar-refractivity contribution >= 4 is 0 Å². The monoisotopic (exact) mass is 259 g/mol. The first kappa shape index (κ1) is 13.6. The highest BCUT2D eigenvalue weighted by atomic mass is 16.3. The topological polar surface area (TPSA) is 41.3 Å². The lowest BCUT2D eigenvalue weighted by Crippen LogP contribution is -2.23. The minimum Gasteiger partial charge on any atom is -0.508 e. The van der Waals surface area contributed by atoms with E-state index in [2.05, 4.69) is 30.0 Å². The fourth-order valence-electron chi connectivity index (χ4n) is 2.21. The molecule has 1 heterocycles. The Morgan fingerprint density at radius 3 is 2.68 bits per heavy atom. The molecule has 0 saturated carbocycles. The maximum absolute atomic E-state index is 9.44. The molecule has 102 valence electrons. The van der Waals surface area contributed by atoms with Gasteiger partial charge in [-0.3, -0.25) is 4.68 Å². The lowest BCUT2D eigenvalue weighted by Gasteiger charge is -2.17. The Bertz CT molecular complexity index is 548. The van der Waals surface area contributed by atoms with Crippen molar-refractivity contribution in [2.24, 2.45) is 0 Å². The molecular formula is C15H21N3O. The molecule has 19 heavy (non-hydrogen) atoms. The molecule has 0 radical (unpaired) electrons. The summed E-state index contributed by atoms with van der Waals surface area (Å²) in [5, 5.41) is 13.9. The standard InChI is InChI=1S/C15H21N3O/c1-12-9-13(2)18(16-12)8-7-17(3)11-14-5-4-6-15(19)10-14/h4-6,9-10,19H,7-8,11H2,1-3H3. The maximum Gasteiger partial charge on any atom is 0.115 e. The molecule has 1 N–H and O–H groups in total. The first-order valence-electron chi connectivity index (χ1n) is 6.52. The second-order valence-electron chi connectivity index (χ2n) is 5.06. The second-order valence-corrected chi connectivity index (χ2v) is 5.06. The molecule has 1 aromatic carbocycles. The molecule has 4 heteroatoms. The summed E-state index contributed by atoms with van der Waals surface area (Å²) in [6, 6.07) is 9.49. The van der Waals surface area contributed by atoms with Gasteiger partial charge in [-0.15, -0.1) is 0 Å². The predicted molar refractivity (Wildman–Crippen MR) is 76.1 cm³/mol. The van der Waals surface area contributed by atoms with Gasteiger partial charge >= 0.3 is 0 Å². The Kier molecular flexibility index (Phi) is 4.22. The molecule has 0 aliphatic carbocycles. The van der Waals surface area contributed by atoms with Gasteiger partial charge in [0.25, 0.3) is 0 Å². The van der Waals surface area contributed by atoms with E-state index in [0.29, 0.717) is 5.75 Å². The van der Waals surface area contributed by atoms with Crippen molar-refractivity contribution in [3.8, 4) is 5.75 Å². The van der Waals surface area contributed by atoms with E-state index in [0.717, 1.165) is 30.9 Å². The Balaban J connectivity index is 1.88. The van der Waals surface area contributed by atoms with Gasteiger partial charge in [-0.1, -0.05) is 12.1 Å². The molecule has 0 bridgehead atoms. The first-order valence-corrected chi connectivity index (χ1v) is 6.52. The molecule has 1 aromatic heterocycles. The van der Waals surface area contributed by atoms with Crippen molar-refractivity contribution in [3.63, 3.8) is 0 Å². The summed E-state index contributed by atoms with van der Waals surface area (Å²) >= 11 is 0. The van der Waals surface area contributed by atoms with Crippen molar-refractivity contribution in [1.29, 1.82) is 0 Å². The summed E-state index contributed by atoms with van der Waals surface area (Å²) in [7, 11) is 2.08. The third-order valence-corrected chi connectivity index (χ3v) is 3.16. The largest absolute Gasteiger partial charge is 0.508 e. The maximum atomic E-state index is 9.44. The Labute approximate surface area is 114 Å². The molecule has 0 spiro atoms. The number of aryl methyl sites for hydroxylation is 2. The van der Waals surface area contributed by atoms with Crippen LogP contribution in [0, 0.1) is 13.8 Å². The van der Waals surface area contributed by atoms with Crippen LogP contribution in [-0.4, -0.2) is 33.4 Å². The molecule has 0 fully saturated rings. The van der Waals surface area contributed by atoms with Crippen molar-refractivity contribution in [1.82, 2.24) is 14.7 Å². The number of aromatic nitrogens is 2. The van der Waals surface area contributed by atoms with Crippen LogP contribution in [-0.2, 0) is 13.1 Å². The molecule has 0 aliphatic heterocycles. The second kappa shape index (κ2) is 5.89. The van der Waals surface area contributed by atoms with Crippen LogP contribution in [0.3, 0.4) is 0 Å². The number of phenolic OH excluding ortho intramolecular Hbond substituents is 1. The molecular weight excluding hydrogens is 238 g/mol. The normalized spacial score (nSPS) is 11.2. The van der Waals surface area contributed by atoms with Gasteiger partial charge in [0, 0.05) is 18.8 Å². The minimum atomic E-state index is 0.324. The Morgan fingerprint density at radius 2 is 2.05 bits per heavy atom. The van der Waals surface area contributed by atoms with Gasteiger partial charge in [0.15, 0.2) is 0 Å².